The summed E-state index contributed by atoms with van der Waals surface area (Å²) in [5.41, 5.74) is 0. The molecule has 0 rings (SSSR count). The largest absolute Gasteiger partial charge is 0.455 e. The van der Waals surface area contributed by atoms with Crippen LogP contribution in [0.4, 0.5) is 0 Å². The van der Waals surface area contributed by atoms with E-state index in [0.29, 0.717) is 0 Å². The molecule has 0 aliphatic carbocycles. The van der Waals surface area contributed by atoms with Gasteiger partial charge in [-0.05, 0) is 12.8 Å². The van der Waals surface area contributed by atoms with Crippen molar-refractivity contribution >= 4 is 5.97 Å². The summed E-state index contributed by atoms with van der Waals surface area (Å²) in [5, 5.41) is 0. The zero-order chi connectivity index (χ0) is 10.6. The second kappa shape index (κ2) is 10.3. The smallest absolute Gasteiger partial charge is 0.330 e. The molecule has 0 saturated heterocycles. The summed E-state index contributed by atoms with van der Waals surface area (Å²) < 4.78 is 4.74. The van der Waals surface area contributed by atoms with Gasteiger partial charge in [0, 0.05) is 6.08 Å². The van der Waals surface area contributed by atoms with Crippen molar-refractivity contribution in [3.8, 4) is 0 Å². The maximum absolute atomic E-state index is 10.6. The van der Waals surface area contributed by atoms with Crippen LogP contribution < -0.4 is 0 Å². The maximum atomic E-state index is 10.6. The van der Waals surface area contributed by atoms with Crippen molar-refractivity contribution in [1.29, 1.82) is 0 Å². The lowest BCUT2D eigenvalue weighted by molar-refractivity contribution is -0.134. The molecule has 2 nitrogen and oxygen atoms in total. The quantitative estimate of drug-likeness (QED) is 0.320. The highest BCUT2D eigenvalue weighted by atomic mass is 16.5. The standard InChI is InChI=1S/C12H21O2/c1-3-5-6-7-8-9-10-11-14-12(13)4-2/h4,11H,2-3,5-10H2,1H3. The van der Waals surface area contributed by atoms with Gasteiger partial charge in [-0.1, -0.05) is 45.6 Å². The summed E-state index contributed by atoms with van der Waals surface area (Å²) in [4.78, 5) is 10.6. The van der Waals surface area contributed by atoms with Gasteiger partial charge >= 0.3 is 5.97 Å². The molecule has 0 fully saturated rings. The summed E-state index contributed by atoms with van der Waals surface area (Å²) in [7, 11) is 0. The molecular formula is C12H21O2. The first-order valence-electron chi connectivity index (χ1n) is 5.46. The number of esters is 1. The topological polar surface area (TPSA) is 26.3 Å². The Morgan fingerprint density at radius 2 is 1.86 bits per heavy atom. The zero-order valence-corrected chi connectivity index (χ0v) is 9.13. The van der Waals surface area contributed by atoms with E-state index in [-0.39, 0.29) is 5.97 Å². The normalized spacial score (nSPS) is 9.79. The molecule has 0 amide bonds. The number of ether oxygens (including phenoxy) is 1. The van der Waals surface area contributed by atoms with Crippen LogP contribution in [-0.4, -0.2) is 5.97 Å². The lowest BCUT2D eigenvalue weighted by Crippen LogP contribution is -1.96. The molecule has 2 heteroatoms. The van der Waals surface area contributed by atoms with Crippen LogP contribution in [0.15, 0.2) is 12.7 Å². The van der Waals surface area contributed by atoms with Crippen LogP contribution in [0.3, 0.4) is 0 Å². The van der Waals surface area contributed by atoms with Gasteiger partial charge in [0.15, 0.2) is 0 Å². The molecule has 0 aliphatic rings. The van der Waals surface area contributed by atoms with Gasteiger partial charge in [0.2, 0.25) is 0 Å². The summed E-state index contributed by atoms with van der Waals surface area (Å²) in [6, 6.07) is 0. The molecule has 14 heavy (non-hydrogen) atoms. The SMILES string of the molecule is C=CC(=O)O[CH]CCCCCCCC. The maximum Gasteiger partial charge on any atom is 0.330 e. The van der Waals surface area contributed by atoms with E-state index in [4.69, 9.17) is 4.74 Å². The summed E-state index contributed by atoms with van der Waals surface area (Å²) >= 11 is 0. The van der Waals surface area contributed by atoms with Gasteiger partial charge in [-0.15, -0.1) is 0 Å². The average Bonchev–Trinajstić information content (AvgIpc) is 2.21. The van der Waals surface area contributed by atoms with Crippen LogP contribution in [0.5, 0.6) is 0 Å². The first kappa shape index (κ1) is 13.2. The number of hydrogen-bond acceptors (Lipinski definition) is 2. The van der Waals surface area contributed by atoms with Gasteiger partial charge in [-0.25, -0.2) is 4.79 Å². The Morgan fingerprint density at radius 1 is 1.21 bits per heavy atom. The third kappa shape index (κ3) is 9.30. The van der Waals surface area contributed by atoms with Crippen molar-refractivity contribution in [2.45, 2.75) is 51.9 Å². The zero-order valence-electron chi connectivity index (χ0n) is 9.13. The van der Waals surface area contributed by atoms with Crippen LogP contribution in [-0.2, 0) is 9.53 Å². The molecule has 0 unspecified atom stereocenters. The molecule has 81 valence electrons. The number of rotatable bonds is 9. The molecule has 0 aromatic rings. The number of unbranched alkanes of at least 4 members (excludes halogenated alkanes) is 6. The van der Waals surface area contributed by atoms with Crippen molar-refractivity contribution in [2.75, 3.05) is 0 Å². The van der Waals surface area contributed by atoms with E-state index in [2.05, 4.69) is 13.5 Å². The van der Waals surface area contributed by atoms with Gasteiger partial charge in [0.05, 0.1) is 0 Å². The van der Waals surface area contributed by atoms with Gasteiger partial charge in [0.25, 0.3) is 0 Å². The van der Waals surface area contributed by atoms with E-state index in [1.54, 1.807) is 6.61 Å². The van der Waals surface area contributed by atoms with Crippen LogP contribution >= 0.6 is 0 Å². The van der Waals surface area contributed by atoms with Crippen molar-refractivity contribution in [3.05, 3.63) is 19.3 Å². The van der Waals surface area contributed by atoms with Crippen molar-refractivity contribution in [2.24, 2.45) is 0 Å². The molecule has 0 aromatic carbocycles. The average molecular weight is 197 g/mol. The first-order valence-corrected chi connectivity index (χ1v) is 5.46. The highest BCUT2D eigenvalue weighted by molar-refractivity contribution is 5.81. The predicted octanol–water partition coefficient (Wildman–Crippen LogP) is 3.63. The number of carbonyl (C=O) groups is 1. The van der Waals surface area contributed by atoms with Crippen LogP contribution in [0.1, 0.15) is 51.9 Å². The molecule has 0 aliphatic heterocycles. The Kier molecular flexibility index (Phi) is 9.71. The third-order valence-corrected chi connectivity index (χ3v) is 2.04. The highest BCUT2D eigenvalue weighted by Crippen LogP contribution is 2.08. The molecule has 0 atom stereocenters. The molecule has 0 spiro atoms. The number of carbonyl (C=O) groups excluding carboxylic acids is 1. The molecular weight excluding hydrogens is 176 g/mol. The monoisotopic (exact) mass is 197 g/mol. The lowest BCUT2D eigenvalue weighted by atomic mass is 10.1. The van der Waals surface area contributed by atoms with Gasteiger partial charge in [-0.3, -0.25) is 0 Å². The lowest BCUT2D eigenvalue weighted by Gasteiger charge is -2.01. The van der Waals surface area contributed by atoms with Gasteiger partial charge in [-0.2, -0.15) is 0 Å². The van der Waals surface area contributed by atoms with Crippen molar-refractivity contribution < 1.29 is 9.53 Å². The molecule has 0 heterocycles. The van der Waals surface area contributed by atoms with Gasteiger partial charge < -0.3 is 4.74 Å². The van der Waals surface area contributed by atoms with E-state index in [1.807, 2.05) is 0 Å². The van der Waals surface area contributed by atoms with E-state index >= 15 is 0 Å². The van der Waals surface area contributed by atoms with E-state index in [1.165, 1.54) is 38.2 Å². The second-order valence-corrected chi connectivity index (χ2v) is 3.36. The fourth-order valence-electron chi connectivity index (χ4n) is 1.20. The first-order chi connectivity index (χ1) is 6.81. The Labute approximate surface area is 87.3 Å². The third-order valence-electron chi connectivity index (χ3n) is 2.04. The fourth-order valence-corrected chi connectivity index (χ4v) is 1.20. The summed E-state index contributed by atoms with van der Waals surface area (Å²) in [6.07, 6.45) is 9.58. The van der Waals surface area contributed by atoms with Crippen LogP contribution in [0.2, 0.25) is 0 Å². The Hall–Kier alpha value is -0.790. The van der Waals surface area contributed by atoms with E-state index < -0.39 is 0 Å². The highest BCUT2D eigenvalue weighted by Gasteiger charge is 1.95. The molecule has 0 saturated carbocycles. The molecule has 0 aromatic heterocycles. The molecule has 0 N–H and O–H groups in total. The predicted molar refractivity (Wildman–Crippen MR) is 58.6 cm³/mol. The second-order valence-electron chi connectivity index (χ2n) is 3.36. The minimum Gasteiger partial charge on any atom is -0.455 e. The molecule has 0 bridgehead atoms. The summed E-state index contributed by atoms with van der Waals surface area (Å²) in [5.74, 6) is -0.365. The van der Waals surface area contributed by atoms with E-state index in [9.17, 15) is 4.79 Å². The Balaban J connectivity index is 2.99. The molecule has 1 radical (unpaired) electrons. The van der Waals surface area contributed by atoms with E-state index in [0.717, 1.165) is 12.8 Å². The summed E-state index contributed by atoms with van der Waals surface area (Å²) in [6.45, 7) is 7.10. The Morgan fingerprint density at radius 3 is 2.50 bits per heavy atom. The van der Waals surface area contributed by atoms with Crippen molar-refractivity contribution in [3.63, 3.8) is 0 Å². The Bertz CT molecular complexity index is 152. The van der Waals surface area contributed by atoms with Crippen LogP contribution in [0.25, 0.3) is 0 Å². The van der Waals surface area contributed by atoms with Crippen molar-refractivity contribution in [1.82, 2.24) is 0 Å². The fraction of sp³-hybridized carbons (Fsp3) is 0.667. The minimum atomic E-state index is -0.365. The minimum absolute atomic E-state index is 0.365. The van der Waals surface area contributed by atoms with Crippen LogP contribution in [0, 0.1) is 6.61 Å². The van der Waals surface area contributed by atoms with Gasteiger partial charge in [0.1, 0.15) is 6.61 Å². The number of hydrogen-bond donors (Lipinski definition) is 0.